The van der Waals surface area contributed by atoms with E-state index < -0.39 is 5.41 Å². The Hall–Kier alpha value is -1.38. The molecule has 2 nitrogen and oxygen atoms in total. The molecule has 1 amide bonds. The highest BCUT2D eigenvalue weighted by molar-refractivity contribution is 5.98. The van der Waals surface area contributed by atoms with Gasteiger partial charge in [-0.05, 0) is 49.4 Å². The fourth-order valence-corrected chi connectivity index (χ4v) is 3.11. The van der Waals surface area contributed by atoms with Gasteiger partial charge in [0.1, 0.15) is 5.82 Å². The molecule has 1 aromatic rings. The highest BCUT2D eigenvalue weighted by Crippen LogP contribution is 2.34. The fourth-order valence-electron chi connectivity index (χ4n) is 3.11. The number of nitrogens with zero attached hydrogens (tertiary/aromatic N) is 1. The lowest BCUT2D eigenvalue weighted by Crippen LogP contribution is -2.49. The second-order valence-electron chi connectivity index (χ2n) is 8.42. The predicted octanol–water partition coefficient (Wildman–Crippen LogP) is 6.90. The third-order valence-electron chi connectivity index (χ3n) is 5.78. The van der Waals surface area contributed by atoms with Gasteiger partial charge in [0.15, 0.2) is 0 Å². The molecule has 3 heteroatoms. The molecule has 0 N–H and O–H groups in total. The van der Waals surface area contributed by atoms with Gasteiger partial charge in [-0.1, -0.05) is 67.2 Å². The number of anilines is 1. The van der Waals surface area contributed by atoms with Crippen LogP contribution in [0.1, 0.15) is 85.6 Å². The summed E-state index contributed by atoms with van der Waals surface area (Å²) in [6.45, 7) is 14.4. The Morgan fingerprint density at radius 2 is 1.65 bits per heavy atom. The Labute approximate surface area is 160 Å². The van der Waals surface area contributed by atoms with Gasteiger partial charge in [0.25, 0.3) is 0 Å². The van der Waals surface area contributed by atoms with Crippen LogP contribution in [0.15, 0.2) is 18.2 Å². The first-order valence-corrected chi connectivity index (χ1v) is 10.3. The van der Waals surface area contributed by atoms with Crippen molar-refractivity contribution in [3.63, 3.8) is 0 Å². The van der Waals surface area contributed by atoms with Gasteiger partial charge in [0, 0.05) is 17.1 Å². The number of hydrogen-bond donors (Lipinski definition) is 0. The highest BCUT2D eigenvalue weighted by Gasteiger charge is 2.38. The smallest absolute Gasteiger partial charge is 0.233 e. The maximum atomic E-state index is 13.8. The zero-order valence-electron chi connectivity index (χ0n) is 17.9. The van der Waals surface area contributed by atoms with Crippen molar-refractivity contribution in [3.05, 3.63) is 29.6 Å². The van der Waals surface area contributed by atoms with Crippen LogP contribution < -0.4 is 4.90 Å². The quantitative estimate of drug-likeness (QED) is 0.443. The second-order valence-corrected chi connectivity index (χ2v) is 8.42. The third-order valence-corrected chi connectivity index (χ3v) is 5.78. The monoisotopic (exact) mass is 363 g/mol. The Morgan fingerprint density at radius 1 is 1.12 bits per heavy atom. The lowest BCUT2D eigenvalue weighted by molar-refractivity contribution is -0.129. The first-order valence-electron chi connectivity index (χ1n) is 10.3. The molecule has 148 valence electrons. The average Bonchev–Trinajstić information content (AvgIpc) is 2.59. The van der Waals surface area contributed by atoms with Crippen molar-refractivity contribution in [1.82, 2.24) is 0 Å². The number of aryl methyl sites for hydroxylation is 1. The van der Waals surface area contributed by atoms with Crippen molar-refractivity contribution >= 4 is 11.6 Å². The maximum absolute atomic E-state index is 13.8. The van der Waals surface area contributed by atoms with Crippen LogP contribution in [0.4, 0.5) is 10.1 Å². The summed E-state index contributed by atoms with van der Waals surface area (Å²) in [5.41, 5.74) is 0.964. The summed E-state index contributed by atoms with van der Waals surface area (Å²) in [7, 11) is 0. The van der Waals surface area contributed by atoms with Gasteiger partial charge in [-0.3, -0.25) is 4.79 Å². The van der Waals surface area contributed by atoms with E-state index >= 15 is 0 Å². The zero-order valence-corrected chi connectivity index (χ0v) is 17.9. The van der Waals surface area contributed by atoms with Crippen LogP contribution in [-0.4, -0.2) is 11.9 Å². The van der Waals surface area contributed by atoms with Crippen molar-refractivity contribution in [2.45, 2.75) is 93.0 Å². The molecule has 0 atom stereocenters. The number of carbonyl (C=O) groups is 1. The van der Waals surface area contributed by atoms with E-state index in [1.165, 1.54) is 6.07 Å². The van der Waals surface area contributed by atoms with Crippen molar-refractivity contribution in [3.8, 4) is 0 Å². The predicted molar refractivity (Wildman–Crippen MR) is 110 cm³/mol. The molecule has 1 rings (SSSR count). The molecule has 0 saturated heterocycles. The summed E-state index contributed by atoms with van der Waals surface area (Å²) in [5.74, 6) is 0.163. The lowest BCUT2D eigenvalue weighted by Gasteiger charge is -2.39. The summed E-state index contributed by atoms with van der Waals surface area (Å²) in [5, 5.41) is 0. The largest absolute Gasteiger partial charge is 0.309 e. The van der Waals surface area contributed by atoms with E-state index in [1.54, 1.807) is 13.0 Å². The molecule has 0 spiro atoms. The SMILES string of the molecule is CCCCC(CCCC)N(C(=O)C(C)(C)C(C)C)c1ccc(F)c(C)c1. The Balaban J connectivity index is 3.37. The Bertz CT molecular complexity index is 572. The summed E-state index contributed by atoms with van der Waals surface area (Å²) in [6.07, 6.45) is 6.40. The van der Waals surface area contributed by atoms with Crippen LogP contribution in [-0.2, 0) is 4.79 Å². The van der Waals surface area contributed by atoms with E-state index in [2.05, 4.69) is 27.7 Å². The molecule has 1 aromatic carbocycles. The number of halogens is 1. The molecular weight excluding hydrogens is 325 g/mol. The van der Waals surface area contributed by atoms with E-state index in [4.69, 9.17) is 0 Å². The topological polar surface area (TPSA) is 20.3 Å². The number of rotatable bonds is 10. The molecule has 0 aliphatic carbocycles. The van der Waals surface area contributed by atoms with Crippen LogP contribution in [0.3, 0.4) is 0 Å². The van der Waals surface area contributed by atoms with Crippen molar-refractivity contribution in [2.75, 3.05) is 4.90 Å². The molecule has 0 aliphatic heterocycles. The van der Waals surface area contributed by atoms with Crippen LogP contribution in [0, 0.1) is 24.1 Å². The van der Waals surface area contributed by atoms with Crippen LogP contribution in [0.2, 0.25) is 0 Å². The number of amides is 1. The van der Waals surface area contributed by atoms with E-state index in [0.717, 1.165) is 44.2 Å². The molecule has 0 bridgehead atoms. The average molecular weight is 364 g/mol. The first-order chi connectivity index (χ1) is 12.2. The number of benzene rings is 1. The minimum atomic E-state index is -0.459. The van der Waals surface area contributed by atoms with Gasteiger partial charge in [-0.25, -0.2) is 4.39 Å². The van der Waals surface area contributed by atoms with Crippen molar-refractivity contribution < 1.29 is 9.18 Å². The van der Waals surface area contributed by atoms with E-state index in [0.29, 0.717) is 5.56 Å². The Kier molecular flexibility index (Phi) is 8.79. The minimum Gasteiger partial charge on any atom is -0.309 e. The standard InChI is InChI=1S/C23H38FNO/c1-8-10-12-19(13-11-9-2)25(22(26)23(6,7)17(3)4)20-14-15-21(24)18(5)16-20/h14-17,19H,8-13H2,1-7H3. The summed E-state index contributed by atoms with van der Waals surface area (Å²) >= 11 is 0. The molecule has 0 saturated carbocycles. The van der Waals surface area contributed by atoms with E-state index in [1.807, 2.05) is 24.8 Å². The highest BCUT2D eigenvalue weighted by atomic mass is 19.1. The van der Waals surface area contributed by atoms with Gasteiger partial charge in [-0.2, -0.15) is 0 Å². The molecule has 0 fully saturated rings. The number of carbonyl (C=O) groups excluding carboxylic acids is 1. The maximum Gasteiger partial charge on any atom is 0.233 e. The van der Waals surface area contributed by atoms with Gasteiger partial charge >= 0.3 is 0 Å². The van der Waals surface area contributed by atoms with Gasteiger partial charge in [0.2, 0.25) is 5.91 Å². The van der Waals surface area contributed by atoms with E-state index in [9.17, 15) is 9.18 Å². The number of hydrogen-bond acceptors (Lipinski definition) is 1. The molecule has 26 heavy (non-hydrogen) atoms. The van der Waals surface area contributed by atoms with Gasteiger partial charge < -0.3 is 4.90 Å². The molecule has 0 unspecified atom stereocenters. The minimum absolute atomic E-state index is 0.149. The fraction of sp³-hybridized carbons (Fsp3) is 0.696. The van der Waals surface area contributed by atoms with Crippen LogP contribution in [0.25, 0.3) is 0 Å². The third kappa shape index (κ3) is 5.56. The van der Waals surface area contributed by atoms with E-state index in [-0.39, 0.29) is 23.7 Å². The molecule has 0 aromatic heterocycles. The Morgan fingerprint density at radius 3 is 2.08 bits per heavy atom. The number of unbranched alkanes of at least 4 members (excludes halogenated alkanes) is 2. The second kappa shape index (κ2) is 10.1. The van der Waals surface area contributed by atoms with Crippen LogP contribution in [0.5, 0.6) is 0 Å². The zero-order chi connectivity index (χ0) is 19.9. The molecule has 0 heterocycles. The van der Waals surface area contributed by atoms with Gasteiger partial charge in [0.05, 0.1) is 0 Å². The first kappa shape index (κ1) is 22.7. The van der Waals surface area contributed by atoms with Crippen LogP contribution >= 0.6 is 0 Å². The molecule has 0 aliphatic rings. The molecule has 0 radical (unpaired) electrons. The van der Waals surface area contributed by atoms with Gasteiger partial charge in [-0.15, -0.1) is 0 Å². The molecular formula is C23H38FNO. The summed E-state index contributed by atoms with van der Waals surface area (Å²) in [4.78, 5) is 15.6. The summed E-state index contributed by atoms with van der Waals surface area (Å²) in [6, 6.07) is 5.25. The van der Waals surface area contributed by atoms with Crippen molar-refractivity contribution in [1.29, 1.82) is 0 Å². The van der Waals surface area contributed by atoms with Crippen molar-refractivity contribution in [2.24, 2.45) is 11.3 Å². The normalized spacial score (nSPS) is 12.1. The summed E-state index contributed by atoms with van der Waals surface area (Å²) < 4.78 is 13.8. The lowest BCUT2D eigenvalue weighted by atomic mass is 9.79.